The van der Waals surface area contributed by atoms with Gasteiger partial charge in [-0.2, -0.15) is 0 Å². The number of carbonyl (C=O) groups is 2. The summed E-state index contributed by atoms with van der Waals surface area (Å²) in [4.78, 5) is 34.9. The smallest absolute Gasteiger partial charge is 0.353 e. The van der Waals surface area contributed by atoms with Crippen LogP contribution in [-0.4, -0.2) is 26.9 Å². The van der Waals surface area contributed by atoms with Crippen molar-refractivity contribution in [3.63, 3.8) is 0 Å². The number of amides is 1. The summed E-state index contributed by atoms with van der Waals surface area (Å²) in [5, 5.41) is 19.7. The zero-order valence-corrected chi connectivity index (χ0v) is 8.84. The predicted molar refractivity (Wildman–Crippen MR) is 60.4 cm³/mol. The number of nitrogens with one attached hydrogen (secondary N) is 1. The minimum atomic E-state index is -1.41. The third-order valence-electron chi connectivity index (χ3n) is 2.46. The van der Waals surface area contributed by atoms with Crippen LogP contribution < -0.4 is 5.73 Å². The first-order valence-corrected chi connectivity index (χ1v) is 4.75. The van der Waals surface area contributed by atoms with E-state index in [2.05, 4.69) is 4.98 Å². The number of benzene rings is 1. The minimum Gasteiger partial charge on any atom is -0.477 e. The molecule has 2 aromatic rings. The first-order chi connectivity index (χ1) is 8.43. The predicted octanol–water partition coefficient (Wildman–Crippen LogP) is 0.873. The maximum absolute atomic E-state index is 11.3. The molecule has 8 nitrogen and oxygen atoms in total. The summed E-state index contributed by atoms with van der Waals surface area (Å²) < 4.78 is 0. The molecule has 0 unspecified atom stereocenters. The molecule has 0 saturated carbocycles. The Kier molecular flexibility index (Phi) is 2.47. The Morgan fingerprint density at radius 1 is 1.39 bits per heavy atom. The molecule has 18 heavy (non-hydrogen) atoms. The number of aromatic nitrogens is 1. The van der Waals surface area contributed by atoms with Gasteiger partial charge in [-0.3, -0.25) is 14.9 Å². The molecule has 0 saturated heterocycles. The van der Waals surface area contributed by atoms with E-state index in [-0.39, 0.29) is 22.2 Å². The van der Waals surface area contributed by atoms with Crippen molar-refractivity contribution < 1.29 is 19.6 Å². The van der Waals surface area contributed by atoms with Crippen molar-refractivity contribution in [1.29, 1.82) is 0 Å². The SMILES string of the molecule is NC(=O)c1c(C(=O)O)[nH]c2cccc([N+](=O)[O-])c12. The second-order valence-electron chi connectivity index (χ2n) is 3.50. The number of hydrogen-bond donors (Lipinski definition) is 3. The summed E-state index contributed by atoms with van der Waals surface area (Å²) in [5.41, 5.74) is 4.06. The van der Waals surface area contributed by atoms with E-state index in [1.165, 1.54) is 18.2 Å². The lowest BCUT2D eigenvalue weighted by atomic mass is 10.1. The van der Waals surface area contributed by atoms with Gasteiger partial charge >= 0.3 is 5.97 Å². The van der Waals surface area contributed by atoms with Crippen molar-refractivity contribution in [2.45, 2.75) is 0 Å². The van der Waals surface area contributed by atoms with E-state index in [1.54, 1.807) is 0 Å². The highest BCUT2D eigenvalue weighted by molar-refractivity contribution is 6.16. The number of H-pyrrole nitrogens is 1. The maximum atomic E-state index is 11.3. The number of non-ortho nitro benzene ring substituents is 1. The van der Waals surface area contributed by atoms with Crippen molar-refractivity contribution in [3.05, 3.63) is 39.6 Å². The Labute approximate surface area is 99.2 Å². The lowest BCUT2D eigenvalue weighted by Gasteiger charge is -1.97. The number of nitro groups is 1. The van der Waals surface area contributed by atoms with Crippen molar-refractivity contribution >= 4 is 28.5 Å². The van der Waals surface area contributed by atoms with Gasteiger partial charge in [0, 0.05) is 6.07 Å². The molecule has 1 amide bonds. The number of rotatable bonds is 3. The molecule has 0 spiro atoms. The number of aromatic amines is 1. The molecule has 0 atom stereocenters. The van der Waals surface area contributed by atoms with Crippen molar-refractivity contribution in [2.24, 2.45) is 5.73 Å². The number of nitrogens with two attached hydrogens (primary N) is 1. The zero-order valence-electron chi connectivity index (χ0n) is 8.84. The highest BCUT2D eigenvalue weighted by atomic mass is 16.6. The number of hydrogen-bond acceptors (Lipinski definition) is 4. The molecule has 4 N–H and O–H groups in total. The van der Waals surface area contributed by atoms with E-state index in [9.17, 15) is 19.7 Å². The van der Waals surface area contributed by atoms with Crippen LogP contribution in [0.3, 0.4) is 0 Å². The number of nitrogens with zero attached hydrogens (tertiary/aromatic N) is 1. The number of fused-ring (bicyclic) bond motifs is 1. The van der Waals surface area contributed by atoms with E-state index in [0.717, 1.165) is 0 Å². The summed E-state index contributed by atoms with van der Waals surface area (Å²) in [6, 6.07) is 3.99. The van der Waals surface area contributed by atoms with Crippen LogP contribution in [0, 0.1) is 10.1 Å². The summed E-state index contributed by atoms with van der Waals surface area (Å²) >= 11 is 0. The number of aromatic carboxylic acids is 1. The Balaban J connectivity index is 2.97. The summed E-state index contributed by atoms with van der Waals surface area (Å²) in [7, 11) is 0. The van der Waals surface area contributed by atoms with E-state index < -0.39 is 22.5 Å². The summed E-state index contributed by atoms with van der Waals surface area (Å²) in [6.45, 7) is 0. The number of carboxylic acid groups (broad SMARTS) is 1. The van der Waals surface area contributed by atoms with Gasteiger partial charge in [-0.1, -0.05) is 6.07 Å². The third kappa shape index (κ3) is 1.56. The van der Waals surface area contributed by atoms with Gasteiger partial charge in [0.15, 0.2) is 0 Å². The second-order valence-corrected chi connectivity index (χ2v) is 3.50. The first-order valence-electron chi connectivity index (χ1n) is 4.75. The van der Waals surface area contributed by atoms with E-state index >= 15 is 0 Å². The van der Waals surface area contributed by atoms with Crippen LogP contribution in [-0.2, 0) is 0 Å². The van der Waals surface area contributed by atoms with Crippen LogP contribution in [0.4, 0.5) is 5.69 Å². The van der Waals surface area contributed by atoms with Gasteiger partial charge in [0.05, 0.1) is 21.4 Å². The van der Waals surface area contributed by atoms with E-state index in [4.69, 9.17) is 10.8 Å². The molecule has 0 fully saturated rings. The third-order valence-corrected chi connectivity index (χ3v) is 2.46. The normalized spacial score (nSPS) is 10.4. The van der Waals surface area contributed by atoms with Crippen molar-refractivity contribution in [3.8, 4) is 0 Å². The Morgan fingerprint density at radius 2 is 2.06 bits per heavy atom. The molecule has 1 aromatic carbocycles. The molecule has 8 heteroatoms. The molecule has 0 bridgehead atoms. The van der Waals surface area contributed by atoms with Crippen LogP contribution >= 0.6 is 0 Å². The van der Waals surface area contributed by atoms with Crippen LogP contribution in [0.1, 0.15) is 20.8 Å². The van der Waals surface area contributed by atoms with Crippen LogP contribution in [0.15, 0.2) is 18.2 Å². The average Bonchev–Trinajstić information content (AvgIpc) is 2.67. The lowest BCUT2D eigenvalue weighted by molar-refractivity contribution is -0.383. The van der Waals surface area contributed by atoms with Gasteiger partial charge in [0.2, 0.25) is 0 Å². The van der Waals surface area contributed by atoms with Crippen LogP contribution in [0.5, 0.6) is 0 Å². The Morgan fingerprint density at radius 3 is 2.56 bits per heavy atom. The second kappa shape index (κ2) is 3.84. The van der Waals surface area contributed by atoms with Gasteiger partial charge in [-0.05, 0) is 6.07 Å². The van der Waals surface area contributed by atoms with Gasteiger partial charge in [0.25, 0.3) is 11.6 Å². The van der Waals surface area contributed by atoms with Crippen molar-refractivity contribution in [2.75, 3.05) is 0 Å². The van der Waals surface area contributed by atoms with Crippen LogP contribution in [0.2, 0.25) is 0 Å². The molecule has 0 aliphatic rings. The largest absolute Gasteiger partial charge is 0.477 e. The van der Waals surface area contributed by atoms with Gasteiger partial charge in [-0.15, -0.1) is 0 Å². The molecule has 2 rings (SSSR count). The molecule has 0 aliphatic carbocycles. The summed E-state index contributed by atoms with van der Waals surface area (Å²) in [6.07, 6.45) is 0. The first kappa shape index (κ1) is 11.6. The maximum Gasteiger partial charge on any atom is 0.353 e. The monoisotopic (exact) mass is 249 g/mol. The molecular weight excluding hydrogens is 242 g/mol. The molecule has 1 aromatic heterocycles. The highest BCUT2D eigenvalue weighted by Crippen LogP contribution is 2.30. The van der Waals surface area contributed by atoms with Gasteiger partial charge in [-0.25, -0.2) is 4.79 Å². The number of nitro benzene ring substituents is 1. The topological polar surface area (TPSA) is 139 Å². The molecule has 92 valence electrons. The lowest BCUT2D eigenvalue weighted by Crippen LogP contribution is -2.15. The van der Waals surface area contributed by atoms with E-state index in [0.29, 0.717) is 0 Å². The zero-order chi connectivity index (χ0) is 13.4. The van der Waals surface area contributed by atoms with E-state index in [1.807, 2.05) is 0 Å². The highest BCUT2D eigenvalue weighted by Gasteiger charge is 2.26. The fourth-order valence-electron chi connectivity index (χ4n) is 1.79. The van der Waals surface area contributed by atoms with Crippen LogP contribution in [0.25, 0.3) is 10.9 Å². The molecular formula is C10H7N3O5. The fraction of sp³-hybridized carbons (Fsp3) is 0. The number of carboxylic acids is 1. The average molecular weight is 249 g/mol. The Bertz CT molecular complexity index is 688. The molecule has 0 radical (unpaired) electrons. The standard InChI is InChI=1S/C10H7N3O5/c11-9(14)7-6-4(12-8(7)10(15)16)2-1-3-5(6)13(17)18/h1-3,12H,(H2,11,14)(H,15,16). The van der Waals surface area contributed by atoms with Gasteiger partial charge in [0.1, 0.15) is 5.69 Å². The quantitative estimate of drug-likeness (QED) is 0.547. The van der Waals surface area contributed by atoms with Crippen molar-refractivity contribution in [1.82, 2.24) is 4.98 Å². The number of carbonyl (C=O) groups excluding carboxylic acids is 1. The molecule has 1 heterocycles. The molecule has 0 aliphatic heterocycles. The fourth-order valence-corrected chi connectivity index (χ4v) is 1.79. The van der Waals surface area contributed by atoms with Gasteiger partial charge < -0.3 is 15.8 Å². The summed E-state index contributed by atoms with van der Waals surface area (Å²) in [5.74, 6) is -2.44. The number of primary amides is 1. The minimum absolute atomic E-state index is 0.0904. The Hall–Kier alpha value is -2.90.